The van der Waals surface area contributed by atoms with E-state index in [2.05, 4.69) is 4.98 Å². The maximum Gasteiger partial charge on any atom is 0.164 e. The molecule has 0 aromatic carbocycles. The molecular formula is C12H18N2OS2. The van der Waals surface area contributed by atoms with Gasteiger partial charge in [-0.1, -0.05) is 0 Å². The molecule has 0 saturated carbocycles. The molecule has 3 nitrogen and oxygen atoms in total. The van der Waals surface area contributed by atoms with Crippen molar-refractivity contribution in [1.82, 2.24) is 9.88 Å². The van der Waals surface area contributed by atoms with Gasteiger partial charge in [0.1, 0.15) is 0 Å². The minimum absolute atomic E-state index is 0.187. The number of Topliss-reactive ketones (excluding diaryl/α,β-unsaturated/α-hetero) is 1. The molecule has 5 heteroatoms. The van der Waals surface area contributed by atoms with Gasteiger partial charge < -0.3 is 4.90 Å². The molecule has 0 saturated heterocycles. The molecule has 0 aliphatic carbocycles. The summed E-state index contributed by atoms with van der Waals surface area (Å²) in [4.78, 5) is 18.4. The average molecular weight is 270 g/mol. The van der Waals surface area contributed by atoms with Crippen molar-refractivity contribution >= 4 is 29.3 Å². The van der Waals surface area contributed by atoms with Crippen molar-refractivity contribution in [3.05, 3.63) is 17.7 Å². The van der Waals surface area contributed by atoms with E-state index in [0.717, 1.165) is 22.2 Å². The molecule has 0 bridgehead atoms. The highest BCUT2D eigenvalue weighted by Gasteiger charge is 2.09. The van der Waals surface area contributed by atoms with Gasteiger partial charge in [0, 0.05) is 18.5 Å². The second-order valence-corrected chi connectivity index (χ2v) is 5.57. The van der Waals surface area contributed by atoms with Crippen LogP contribution in [0.5, 0.6) is 0 Å². The van der Waals surface area contributed by atoms with Crippen LogP contribution < -0.4 is 0 Å². The summed E-state index contributed by atoms with van der Waals surface area (Å²) >= 11 is 3.13. The number of hydrogen-bond acceptors (Lipinski definition) is 5. The van der Waals surface area contributed by atoms with E-state index in [1.54, 1.807) is 23.5 Å². The van der Waals surface area contributed by atoms with E-state index in [1.165, 1.54) is 0 Å². The highest BCUT2D eigenvalue weighted by Crippen LogP contribution is 2.21. The summed E-state index contributed by atoms with van der Waals surface area (Å²) < 4.78 is 0. The Hall–Kier alpha value is -0.520. The van der Waals surface area contributed by atoms with Crippen LogP contribution in [0.1, 0.15) is 16.8 Å². The lowest BCUT2D eigenvalue weighted by molar-refractivity contribution is 0.0972. The van der Waals surface area contributed by atoms with Crippen LogP contribution in [0.3, 0.4) is 0 Å². The van der Waals surface area contributed by atoms with Gasteiger partial charge in [0.15, 0.2) is 5.78 Å². The van der Waals surface area contributed by atoms with Crippen LogP contribution in [0.4, 0.5) is 0 Å². The Balaban J connectivity index is 2.84. The Labute approximate surface area is 111 Å². The van der Waals surface area contributed by atoms with Gasteiger partial charge in [-0.05, 0) is 38.7 Å². The molecule has 1 rings (SSSR count). The Bertz CT molecular complexity index is 372. The fourth-order valence-electron chi connectivity index (χ4n) is 1.32. The third-order valence-corrected chi connectivity index (χ3v) is 3.56. The summed E-state index contributed by atoms with van der Waals surface area (Å²) in [6.07, 6.45) is 4.50. The molecule has 0 spiro atoms. The Morgan fingerprint density at radius 3 is 2.18 bits per heavy atom. The second kappa shape index (κ2) is 7.03. The van der Waals surface area contributed by atoms with Crippen molar-refractivity contribution in [2.24, 2.45) is 0 Å². The standard InChI is InChI=1S/C12H18N2OS2/c1-14(2)6-5-10(15)9-7-11(16-3)13-12(8-9)17-4/h7-8H,5-6H2,1-4H3. The van der Waals surface area contributed by atoms with Gasteiger partial charge in [0.25, 0.3) is 0 Å². The number of ketones is 1. The summed E-state index contributed by atoms with van der Waals surface area (Å²) in [7, 11) is 3.95. The third-order valence-electron chi connectivity index (χ3n) is 2.30. The van der Waals surface area contributed by atoms with Crippen molar-refractivity contribution in [1.29, 1.82) is 0 Å². The van der Waals surface area contributed by atoms with E-state index in [4.69, 9.17) is 0 Å². The maximum atomic E-state index is 12.0. The summed E-state index contributed by atoms with van der Waals surface area (Å²) in [6, 6.07) is 3.75. The van der Waals surface area contributed by atoms with E-state index >= 15 is 0 Å². The van der Waals surface area contributed by atoms with Crippen LogP contribution >= 0.6 is 23.5 Å². The quantitative estimate of drug-likeness (QED) is 0.586. The lowest BCUT2D eigenvalue weighted by Crippen LogP contribution is -2.16. The van der Waals surface area contributed by atoms with Gasteiger partial charge in [-0.25, -0.2) is 4.98 Å². The van der Waals surface area contributed by atoms with Crippen LogP contribution in [0, 0.1) is 0 Å². The van der Waals surface area contributed by atoms with Crippen LogP contribution in [0.2, 0.25) is 0 Å². The summed E-state index contributed by atoms with van der Waals surface area (Å²) in [6.45, 7) is 0.782. The summed E-state index contributed by atoms with van der Waals surface area (Å²) in [5.41, 5.74) is 0.774. The fourth-order valence-corrected chi connectivity index (χ4v) is 2.25. The van der Waals surface area contributed by atoms with Crippen molar-refractivity contribution in [3.8, 4) is 0 Å². The topological polar surface area (TPSA) is 33.2 Å². The van der Waals surface area contributed by atoms with Crippen LogP contribution in [-0.4, -0.2) is 48.8 Å². The normalized spacial score (nSPS) is 10.9. The lowest BCUT2D eigenvalue weighted by atomic mass is 10.1. The molecule has 0 atom stereocenters. The first-order valence-corrected chi connectivity index (χ1v) is 7.79. The van der Waals surface area contributed by atoms with Crippen molar-refractivity contribution in [3.63, 3.8) is 0 Å². The van der Waals surface area contributed by atoms with Crippen molar-refractivity contribution < 1.29 is 4.79 Å². The highest BCUT2D eigenvalue weighted by atomic mass is 32.2. The number of rotatable bonds is 6. The molecule has 0 fully saturated rings. The molecule has 0 aliphatic rings. The minimum atomic E-state index is 0.187. The largest absolute Gasteiger partial charge is 0.309 e. The van der Waals surface area contributed by atoms with E-state index in [1.807, 2.05) is 43.6 Å². The van der Waals surface area contributed by atoms with Crippen molar-refractivity contribution in [2.45, 2.75) is 16.5 Å². The molecule has 0 N–H and O–H groups in total. The van der Waals surface area contributed by atoms with E-state index in [-0.39, 0.29) is 5.78 Å². The van der Waals surface area contributed by atoms with Crippen LogP contribution in [0.15, 0.2) is 22.2 Å². The monoisotopic (exact) mass is 270 g/mol. The van der Waals surface area contributed by atoms with E-state index in [9.17, 15) is 4.79 Å². The molecule has 0 unspecified atom stereocenters. The Kier molecular flexibility index (Phi) is 6.02. The Morgan fingerprint density at radius 1 is 1.24 bits per heavy atom. The fraction of sp³-hybridized carbons (Fsp3) is 0.500. The zero-order valence-electron chi connectivity index (χ0n) is 10.7. The van der Waals surface area contributed by atoms with Gasteiger partial charge in [0.05, 0.1) is 10.1 Å². The Morgan fingerprint density at radius 2 is 1.76 bits per heavy atom. The van der Waals surface area contributed by atoms with Gasteiger partial charge in [-0.3, -0.25) is 4.79 Å². The van der Waals surface area contributed by atoms with Gasteiger partial charge in [0.2, 0.25) is 0 Å². The molecule has 0 amide bonds. The molecule has 17 heavy (non-hydrogen) atoms. The van der Waals surface area contributed by atoms with Crippen LogP contribution in [0.25, 0.3) is 0 Å². The number of thioether (sulfide) groups is 2. The zero-order valence-corrected chi connectivity index (χ0v) is 12.3. The first-order valence-electron chi connectivity index (χ1n) is 5.34. The van der Waals surface area contributed by atoms with Crippen LogP contribution in [-0.2, 0) is 0 Å². The van der Waals surface area contributed by atoms with Crippen molar-refractivity contribution in [2.75, 3.05) is 33.2 Å². The maximum absolute atomic E-state index is 12.0. The minimum Gasteiger partial charge on any atom is -0.309 e. The predicted octanol–water partition coefficient (Wildman–Crippen LogP) is 2.66. The molecule has 1 aromatic rings. The van der Waals surface area contributed by atoms with E-state index in [0.29, 0.717) is 6.42 Å². The third kappa shape index (κ3) is 4.69. The first kappa shape index (κ1) is 14.5. The molecule has 0 radical (unpaired) electrons. The number of nitrogens with zero attached hydrogens (tertiary/aromatic N) is 2. The number of carbonyl (C=O) groups excluding carboxylic acids is 1. The zero-order chi connectivity index (χ0) is 12.8. The smallest absolute Gasteiger partial charge is 0.164 e. The number of carbonyl (C=O) groups is 1. The summed E-state index contributed by atoms with van der Waals surface area (Å²) in [5, 5.41) is 1.81. The molecular weight excluding hydrogens is 252 g/mol. The van der Waals surface area contributed by atoms with Gasteiger partial charge >= 0.3 is 0 Å². The molecule has 1 heterocycles. The number of pyridine rings is 1. The lowest BCUT2D eigenvalue weighted by Gasteiger charge is -2.09. The molecule has 94 valence electrons. The predicted molar refractivity (Wildman–Crippen MR) is 75.3 cm³/mol. The highest BCUT2D eigenvalue weighted by molar-refractivity contribution is 7.99. The van der Waals surface area contributed by atoms with Gasteiger partial charge in [-0.2, -0.15) is 0 Å². The summed E-state index contributed by atoms with van der Waals surface area (Å²) in [5.74, 6) is 0.187. The second-order valence-electron chi connectivity index (χ2n) is 3.92. The number of hydrogen-bond donors (Lipinski definition) is 0. The van der Waals surface area contributed by atoms with E-state index < -0.39 is 0 Å². The van der Waals surface area contributed by atoms with Gasteiger partial charge in [-0.15, -0.1) is 23.5 Å². The molecule has 0 aliphatic heterocycles. The number of aromatic nitrogens is 1. The first-order chi connectivity index (χ1) is 8.06. The SMILES string of the molecule is CSc1cc(C(=O)CCN(C)C)cc(SC)n1. The molecule has 1 aromatic heterocycles. The average Bonchev–Trinajstić information content (AvgIpc) is 2.34.